The van der Waals surface area contributed by atoms with Crippen molar-refractivity contribution in [2.45, 2.75) is 44.8 Å². The predicted molar refractivity (Wildman–Crippen MR) is 94.7 cm³/mol. The molecule has 14 heteroatoms. The molecule has 0 aromatic heterocycles. The van der Waals surface area contributed by atoms with Gasteiger partial charge in [0, 0.05) is 12.1 Å². The van der Waals surface area contributed by atoms with Crippen LogP contribution in [0.15, 0.2) is 12.1 Å². The van der Waals surface area contributed by atoms with Gasteiger partial charge in [0.05, 0.1) is 5.56 Å². The minimum Gasteiger partial charge on any atom is -0.250 e. The molecule has 0 heterocycles. The quantitative estimate of drug-likeness (QED) is 0.130. The molecule has 0 amide bonds. The van der Waals surface area contributed by atoms with E-state index in [9.17, 15) is 57.1 Å². The highest BCUT2D eigenvalue weighted by Crippen LogP contribution is 2.34. The van der Waals surface area contributed by atoms with Crippen LogP contribution in [0.25, 0.3) is 11.1 Å². The van der Waals surface area contributed by atoms with Crippen molar-refractivity contribution in [3.8, 4) is 11.1 Å². The van der Waals surface area contributed by atoms with Gasteiger partial charge < -0.3 is 0 Å². The van der Waals surface area contributed by atoms with Gasteiger partial charge in [-0.25, -0.2) is 35.1 Å². The third-order valence-corrected chi connectivity index (χ3v) is 4.25. The zero-order chi connectivity index (χ0) is 26.4. The van der Waals surface area contributed by atoms with E-state index in [4.69, 9.17) is 0 Å². The molecular weight excluding hydrogens is 501 g/mol. The van der Waals surface area contributed by atoms with Gasteiger partial charge in [-0.2, -0.15) is 22.0 Å². The minimum atomic E-state index is -5.50. The third kappa shape index (κ3) is 6.76. The Kier molecular flexibility index (Phi) is 10.2. The molecule has 0 aliphatic rings. The number of alkyl halides is 5. The first-order valence-electron chi connectivity index (χ1n) is 9.43. The first kappa shape index (κ1) is 29.5. The van der Waals surface area contributed by atoms with E-state index in [1.54, 1.807) is 0 Å². The minimum absolute atomic E-state index is 0.297. The first-order chi connectivity index (χ1) is 15.6. The van der Waals surface area contributed by atoms with Crippen molar-refractivity contribution in [2.75, 3.05) is 6.54 Å². The van der Waals surface area contributed by atoms with Crippen molar-refractivity contribution >= 4 is 0 Å². The van der Waals surface area contributed by atoms with Crippen LogP contribution in [-0.4, -0.2) is 18.8 Å². The largest absolute Gasteiger partial charge is 0.469 e. The lowest BCUT2D eigenvalue weighted by Crippen LogP contribution is -2.49. The summed E-state index contributed by atoms with van der Waals surface area (Å²) < 4.78 is 164. The van der Waals surface area contributed by atoms with Crippen molar-refractivity contribution in [2.24, 2.45) is 0 Å². The number of unbranched alkanes of at least 4 members (excludes halogenated alkanes) is 3. The summed E-state index contributed by atoms with van der Waals surface area (Å²) in [5, 5.41) is 1.20. The zero-order valence-corrected chi connectivity index (χ0v) is 17.1. The van der Waals surface area contributed by atoms with E-state index in [1.807, 2.05) is 6.92 Å². The number of benzene rings is 2. The van der Waals surface area contributed by atoms with Crippen molar-refractivity contribution in [3.05, 3.63) is 58.7 Å². The van der Waals surface area contributed by atoms with Gasteiger partial charge in [0.2, 0.25) is 5.82 Å². The standard InChI is InChI=1S/C12H2F8.C8H14F5N/c13-4-2-1-3(6(14)7(4)15)5-8(16)10(18)12(20)11(19)9(5)17;1-2-3-4-5-6-14-8(12,13)7(9,10)11/h1-2H;14H,2-6H2,1H3. The lowest BCUT2D eigenvalue weighted by Gasteiger charge is -2.20. The Bertz CT molecular complexity index is 957. The van der Waals surface area contributed by atoms with Crippen LogP contribution >= 0.6 is 0 Å². The third-order valence-electron chi connectivity index (χ3n) is 4.25. The number of rotatable bonds is 7. The molecule has 0 saturated carbocycles. The number of halogens is 13. The molecular formula is C20H16F13N. The summed E-state index contributed by atoms with van der Waals surface area (Å²) in [7, 11) is 0. The smallest absolute Gasteiger partial charge is 0.250 e. The summed E-state index contributed by atoms with van der Waals surface area (Å²) in [6, 6.07) is -4.10. The normalized spacial score (nSPS) is 11.9. The van der Waals surface area contributed by atoms with Gasteiger partial charge in [-0.15, -0.1) is 0 Å². The van der Waals surface area contributed by atoms with Gasteiger partial charge in [0.15, 0.2) is 40.7 Å². The number of hydrogen-bond acceptors (Lipinski definition) is 1. The van der Waals surface area contributed by atoms with E-state index < -0.39 is 69.9 Å². The molecule has 0 aliphatic carbocycles. The molecule has 0 atom stereocenters. The number of hydrogen-bond donors (Lipinski definition) is 1. The van der Waals surface area contributed by atoms with E-state index in [2.05, 4.69) is 0 Å². The summed E-state index contributed by atoms with van der Waals surface area (Å²) in [5.74, 6) is -17.6. The van der Waals surface area contributed by atoms with Gasteiger partial charge in [0.1, 0.15) is 0 Å². The molecule has 34 heavy (non-hydrogen) atoms. The molecule has 1 nitrogen and oxygen atoms in total. The molecule has 192 valence electrons. The van der Waals surface area contributed by atoms with E-state index in [0.717, 1.165) is 12.8 Å². The Balaban J connectivity index is 0.000000365. The van der Waals surface area contributed by atoms with Gasteiger partial charge in [-0.05, 0) is 18.6 Å². The van der Waals surface area contributed by atoms with Crippen molar-refractivity contribution in [3.63, 3.8) is 0 Å². The fourth-order valence-corrected chi connectivity index (χ4v) is 2.46. The summed E-state index contributed by atoms with van der Waals surface area (Å²) in [5.41, 5.74) is -2.95. The van der Waals surface area contributed by atoms with E-state index in [1.165, 1.54) is 5.32 Å². The van der Waals surface area contributed by atoms with Crippen molar-refractivity contribution < 1.29 is 57.1 Å². The molecule has 2 aromatic carbocycles. The molecule has 0 fully saturated rings. The van der Waals surface area contributed by atoms with Crippen LogP contribution in [-0.2, 0) is 0 Å². The van der Waals surface area contributed by atoms with Crippen molar-refractivity contribution in [1.29, 1.82) is 0 Å². The van der Waals surface area contributed by atoms with E-state index >= 15 is 0 Å². The predicted octanol–water partition coefficient (Wildman–Crippen LogP) is 7.78. The highest BCUT2D eigenvalue weighted by molar-refractivity contribution is 5.66. The maximum atomic E-state index is 13.4. The average molecular weight is 517 g/mol. The first-order valence-corrected chi connectivity index (χ1v) is 9.43. The van der Waals surface area contributed by atoms with E-state index in [0.29, 0.717) is 25.0 Å². The van der Waals surface area contributed by atoms with E-state index in [-0.39, 0.29) is 6.54 Å². The number of nitrogens with one attached hydrogen (secondary N) is 1. The lowest BCUT2D eigenvalue weighted by atomic mass is 10.0. The van der Waals surface area contributed by atoms with Crippen LogP contribution in [0.4, 0.5) is 57.1 Å². The van der Waals surface area contributed by atoms with Crippen LogP contribution in [0, 0.1) is 46.5 Å². The Morgan fingerprint density at radius 3 is 1.59 bits per heavy atom. The second-order valence-corrected chi connectivity index (χ2v) is 6.73. The molecule has 0 radical (unpaired) electrons. The Morgan fingerprint density at radius 2 is 1.12 bits per heavy atom. The topological polar surface area (TPSA) is 12.0 Å². The Morgan fingerprint density at radius 1 is 0.618 bits per heavy atom. The molecule has 0 saturated heterocycles. The maximum absolute atomic E-state index is 13.4. The molecule has 1 N–H and O–H groups in total. The van der Waals surface area contributed by atoms with Gasteiger partial charge in [-0.1, -0.05) is 26.2 Å². The van der Waals surface area contributed by atoms with Gasteiger partial charge in [0.25, 0.3) is 0 Å². The van der Waals surface area contributed by atoms with Crippen LogP contribution in [0.1, 0.15) is 32.6 Å². The van der Waals surface area contributed by atoms with Crippen LogP contribution in [0.2, 0.25) is 0 Å². The molecule has 0 aliphatic heterocycles. The maximum Gasteiger partial charge on any atom is 0.469 e. The van der Waals surface area contributed by atoms with Gasteiger partial charge in [-0.3, -0.25) is 5.32 Å². The molecule has 2 aromatic rings. The molecule has 0 spiro atoms. The van der Waals surface area contributed by atoms with Gasteiger partial charge >= 0.3 is 12.2 Å². The second kappa shape index (κ2) is 11.8. The van der Waals surface area contributed by atoms with Crippen LogP contribution < -0.4 is 5.32 Å². The fraction of sp³-hybridized carbons (Fsp3) is 0.400. The highest BCUT2D eigenvalue weighted by Gasteiger charge is 2.57. The average Bonchev–Trinajstić information content (AvgIpc) is 2.76. The SMILES string of the molecule is CCCCCCNC(F)(F)C(F)(F)F.Fc1ccc(-c2c(F)c(F)c(F)c(F)c2F)c(F)c1F. The highest BCUT2D eigenvalue weighted by atomic mass is 19.4. The molecule has 2 rings (SSSR count). The van der Waals surface area contributed by atoms with Crippen LogP contribution in [0.5, 0.6) is 0 Å². The summed E-state index contributed by atoms with van der Waals surface area (Å²) >= 11 is 0. The lowest BCUT2D eigenvalue weighted by molar-refractivity contribution is -0.295. The summed E-state index contributed by atoms with van der Waals surface area (Å²) in [6.45, 7) is 1.62. The Hall–Kier alpha value is -2.51. The molecule has 0 unspecified atom stereocenters. The Labute approximate surface area is 184 Å². The van der Waals surface area contributed by atoms with Crippen molar-refractivity contribution in [1.82, 2.24) is 5.32 Å². The second-order valence-electron chi connectivity index (χ2n) is 6.73. The summed E-state index contributed by atoms with van der Waals surface area (Å²) in [6.07, 6.45) is -2.75. The molecule has 0 bridgehead atoms. The summed E-state index contributed by atoms with van der Waals surface area (Å²) in [4.78, 5) is 0. The van der Waals surface area contributed by atoms with Crippen LogP contribution in [0.3, 0.4) is 0 Å². The monoisotopic (exact) mass is 517 g/mol. The zero-order valence-electron chi connectivity index (χ0n) is 17.1. The fourth-order valence-electron chi connectivity index (χ4n) is 2.46.